The minimum Gasteiger partial charge on any atom is -0.496 e. The molecule has 106 valence electrons. The average molecular weight is 515 g/mol. The van der Waals surface area contributed by atoms with Crippen LogP contribution in [0.15, 0.2) is 47.4 Å². The Labute approximate surface area is 145 Å². The molecule has 0 bridgehead atoms. The van der Waals surface area contributed by atoms with Gasteiger partial charge in [0.2, 0.25) is 0 Å². The van der Waals surface area contributed by atoms with Gasteiger partial charge < -0.3 is 4.74 Å². The monoisotopic (exact) mass is 515 g/mol. The topological polar surface area (TPSA) is 55.4 Å². The van der Waals surface area contributed by atoms with Crippen LogP contribution >= 0.6 is 45.2 Å². The van der Waals surface area contributed by atoms with Crippen molar-refractivity contribution in [1.29, 1.82) is 0 Å². The SMILES string of the molecule is COc1ccc(S(=O)(=O)Nc2ccc(I)cc2)cc1I. The van der Waals surface area contributed by atoms with Crippen LogP contribution in [0.25, 0.3) is 0 Å². The second kappa shape index (κ2) is 6.48. The molecule has 20 heavy (non-hydrogen) atoms. The van der Waals surface area contributed by atoms with E-state index in [1.54, 1.807) is 31.4 Å². The second-order valence-electron chi connectivity index (χ2n) is 3.91. The predicted molar refractivity (Wildman–Crippen MR) is 95.7 cm³/mol. The van der Waals surface area contributed by atoms with E-state index in [1.807, 2.05) is 34.7 Å². The molecule has 0 saturated carbocycles. The van der Waals surface area contributed by atoms with Gasteiger partial charge in [-0.1, -0.05) is 0 Å². The van der Waals surface area contributed by atoms with Gasteiger partial charge in [-0.2, -0.15) is 0 Å². The van der Waals surface area contributed by atoms with Crippen molar-refractivity contribution in [1.82, 2.24) is 0 Å². The van der Waals surface area contributed by atoms with Crippen molar-refractivity contribution in [2.24, 2.45) is 0 Å². The van der Waals surface area contributed by atoms with Crippen molar-refractivity contribution < 1.29 is 13.2 Å². The molecule has 0 fully saturated rings. The van der Waals surface area contributed by atoms with Crippen molar-refractivity contribution in [3.8, 4) is 5.75 Å². The van der Waals surface area contributed by atoms with Crippen LogP contribution in [0.3, 0.4) is 0 Å². The van der Waals surface area contributed by atoms with Crippen LogP contribution in [-0.2, 0) is 10.0 Å². The van der Waals surface area contributed by atoms with Gasteiger partial charge in [0, 0.05) is 9.26 Å². The summed E-state index contributed by atoms with van der Waals surface area (Å²) < 4.78 is 34.0. The first-order valence-electron chi connectivity index (χ1n) is 5.54. The van der Waals surface area contributed by atoms with Gasteiger partial charge in [0.15, 0.2) is 0 Å². The molecule has 1 N–H and O–H groups in total. The summed E-state index contributed by atoms with van der Waals surface area (Å²) >= 11 is 4.21. The van der Waals surface area contributed by atoms with E-state index in [2.05, 4.69) is 27.3 Å². The summed E-state index contributed by atoms with van der Waals surface area (Å²) in [5, 5.41) is 0. The fraction of sp³-hybridized carbons (Fsp3) is 0.0769. The Morgan fingerprint density at radius 1 is 1.05 bits per heavy atom. The lowest BCUT2D eigenvalue weighted by Gasteiger charge is -2.10. The zero-order valence-corrected chi connectivity index (χ0v) is 15.6. The Balaban J connectivity index is 2.30. The molecule has 0 unspecified atom stereocenters. The molecular formula is C13H11I2NO3S. The van der Waals surface area contributed by atoms with Crippen LogP contribution in [0.5, 0.6) is 5.75 Å². The number of hydrogen-bond donors (Lipinski definition) is 1. The van der Waals surface area contributed by atoms with Crippen molar-refractivity contribution in [3.05, 3.63) is 49.6 Å². The van der Waals surface area contributed by atoms with Gasteiger partial charge in [0.1, 0.15) is 5.75 Å². The van der Waals surface area contributed by atoms with Crippen molar-refractivity contribution in [2.45, 2.75) is 4.90 Å². The first-order valence-corrected chi connectivity index (χ1v) is 9.18. The van der Waals surface area contributed by atoms with Gasteiger partial charge >= 0.3 is 0 Å². The van der Waals surface area contributed by atoms with Gasteiger partial charge in [0.25, 0.3) is 10.0 Å². The number of methoxy groups -OCH3 is 1. The van der Waals surface area contributed by atoms with Crippen LogP contribution in [0.4, 0.5) is 5.69 Å². The summed E-state index contributed by atoms with van der Waals surface area (Å²) in [5.74, 6) is 0.652. The third-order valence-electron chi connectivity index (χ3n) is 2.53. The number of nitrogens with one attached hydrogen (secondary N) is 1. The lowest BCUT2D eigenvalue weighted by molar-refractivity contribution is 0.411. The number of benzene rings is 2. The molecule has 2 aromatic carbocycles. The Kier molecular flexibility index (Phi) is 5.13. The number of halogens is 2. The quantitative estimate of drug-likeness (QED) is 0.633. The molecule has 2 aromatic rings. The van der Waals surface area contributed by atoms with Crippen molar-refractivity contribution in [2.75, 3.05) is 11.8 Å². The average Bonchev–Trinajstić information content (AvgIpc) is 2.41. The maximum Gasteiger partial charge on any atom is 0.261 e. The fourth-order valence-electron chi connectivity index (χ4n) is 1.55. The Morgan fingerprint density at radius 2 is 1.70 bits per heavy atom. The smallest absolute Gasteiger partial charge is 0.261 e. The summed E-state index contributed by atoms with van der Waals surface area (Å²) in [4.78, 5) is 0.209. The van der Waals surface area contributed by atoms with Crippen LogP contribution < -0.4 is 9.46 Å². The van der Waals surface area contributed by atoms with Crippen LogP contribution in [0.2, 0.25) is 0 Å². The molecule has 2 rings (SSSR count). The minimum atomic E-state index is -3.59. The maximum atomic E-state index is 12.3. The first-order chi connectivity index (χ1) is 9.42. The third-order valence-corrected chi connectivity index (χ3v) is 5.47. The lowest BCUT2D eigenvalue weighted by Crippen LogP contribution is -2.13. The van der Waals surface area contributed by atoms with E-state index in [0.29, 0.717) is 11.4 Å². The zero-order valence-electron chi connectivity index (χ0n) is 10.4. The Hall–Kier alpha value is -0.550. The lowest BCUT2D eigenvalue weighted by atomic mass is 10.3. The number of sulfonamides is 1. The number of anilines is 1. The molecule has 0 aliphatic rings. The largest absolute Gasteiger partial charge is 0.496 e. The van der Waals surface area contributed by atoms with Gasteiger partial charge in [-0.25, -0.2) is 8.42 Å². The van der Waals surface area contributed by atoms with E-state index in [-0.39, 0.29) is 4.90 Å². The Bertz CT molecular complexity index is 715. The number of ether oxygens (including phenoxy) is 1. The first kappa shape index (κ1) is 15.8. The summed E-state index contributed by atoms with van der Waals surface area (Å²) in [5.41, 5.74) is 0.538. The standard InChI is InChI=1S/C13H11I2NO3S/c1-19-13-7-6-11(8-12(13)15)20(17,18)16-10-4-2-9(14)3-5-10/h2-8,16H,1H3. The van der Waals surface area contributed by atoms with E-state index in [1.165, 1.54) is 6.07 Å². The molecule has 0 atom stereocenters. The summed E-state index contributed by atoms with van der Waals surface area (Å²) in [7, 11) is -2.04. The van der Waals surface area contributed by atoms with Gasteiger partial charge in [0.05, 0.1) is 15.6 Å². The molecule has 0 saturated heterocycles. The zero-order chi connectivity index (χ0) is 14.8. The molecule has 0 heterocycles. The van der Waals surface area contributed by atoms with E-state index < -0.39 is 10.0 Å². The molecule has 7 heteroatoms. The molecule has 0 aliphatic heterocycles. The fourth-order valence-corrected chi connectivity index (χ4v) is 3.94. The highest BCUT2D eigenvalue weighted by molar-refractivity contribution is 14.1. The molecule has 0 radical (unpaired) electrons. The van der Waals surface area contributed by atoms with Gasteiger partial charge in [-0.05, 0) is 87.6 Å². The minimum absolute atomic E-state index is 0.209. The highest BCUT2D eigenvalue weighted by Crippen LogP contribution is 2.25. The number of rotatable bonds is 4. The van der Waals surface area contributed by atoms with Crippen LogP contribution in [0.1, 0.15) is 0 Å². The second-order valence-corrected chi connectivity index (χ2v) is 8.00. The van der Waals surface area contributed by atoms with Gasteiger partial charge in [-0.15, -0.1) is 0 Å². The van der Waals surface area contributed by atoms with E-state index in [9.17, 15) is 8.42 Å². The highest BCUT2D eigenvalue weighted by Gasteiger charge is 2.15. The van der Waals surface area contributed by atoms with E-state index >= 15 is 0 Å². The van der Waals surface area contributed by atoms with Crippen molar-refractivity contribution >= 4 is 60.9 Å². The van der Waals surface area contributed by atoms with Gasteiger partial charge in [-0.3, -0.25) is 4.72 Å². The maximum absolute atomic E-state index is 12.3. The van der Waals surface area contributed by atoms with E-state index in [4.69, 9.17) is 4.74 Å². The molecule has 4 nitrogen and oxygen atoms in total. The predicted octanol–water partition coefficient (Wildman–Crippen LogP) is 3.71. The third kappa shape index (κ3) is 3.76. The number of hydrogen-bond acceptors (Lipinski definition) is 3. The van der Waals surface area contributed by atoms with Crippen molar-refractivity contribution in [3.63, 3.8) is 0 Å². The summed E-state index contributed by atoms with van der Waals surface area (Å²) in [6, 6.07) is 11.9. The molecular weight excluding hydrogens is 504 g/mol. The highest BCUT2D eigenvalue weighted by atomic mass is 127. The molecule has 0 amide bonds. The normalized spacial score (nSPS) is 11.2. The molecule has 0 aromatic heterocycles. The van der Waals surface area contributed by atoms with Crippen LogP contribution in [-0.4, -0.2) is 15.5 Å². The van der Waals surface area contributed by atoms with Crippen LogP contribution in [0, 0.1) is 7.14 Å². The summed E-state index contributed by atoms with van der Waals surface area (Å²) in [6.45, 7) is 0. The van der Waals surface area contributed by atoms with E-state index in [0.717, 1.165) is 7.14 Å². The summed E-state index contributed by atoms with van der Waals surface area (Å²) in [6.07, 6.45) is 0. The Morgan fingerprint density at radius 3 is 2.25 bits per heavy atom. The molecule has 0 spiro atoms. The molecule has 0 aliphatic carbocycles.